The van der Waals surface area contributed by atoms with Gasteiger partial charge in [-0.3, -0.25) is 0 Å². The number of benzene rings is 1. The number of methoxy groups -OCH3 is 1. The van der Waals surface area contributed by atoms with Gasteiger partial charge in [0.25, 0.3) is 0 Å². The molecule has 0 spiro atoms. The maximum absolute atomic E-state index is 13.6. The van der Waals surface area contributed by atoms with Crippen LogP contribution in [-0.2, 0) is 0 Å². The maximum Gasteiger partial charge on any atom is 0.129 e. The van der Waals surface area contributed by atoms with Gasteiger partial charge in [0, 0.05) is 15.8 Å². The van der Waals surface area contributed by atoms with Crippen LogP contribution >= 0.6 is 27.3 Å². The Morgan fingerprint density at radius 1 is 1.29 bits per heavy atom. The third-order valence-electron chi connectivity index (χ3n) is 2.31. The van der Waals surface area contributed by atoms with E-state index in [-0.39, 0.29) is 10.4 Å². The molecule has 0 saturated heterocycles. The molecule has 1 heterocycles. The third-order valence-corrected chi connectivity index (χ3v) is 4.58. The molecule has 0 saturated carbocycles. The van der Waals surface area contributed by atoms with Crippen LogP contribution in [0.2, 0.25) is 0 Å². The van der Waals surface area contributed by atoms with E-state index >= 15 is 0 Å². The van der Waals surface area contributed by atoms with E-state index in [0.29, 0.717) is 5.75 Å². The average molecular weight is 319 g/mol. The molecule has 1 aromatic heterocycles. The van der Waals surface area contributed by atoms with Crippen LogP contribution in [0.15, 0.2) is 29.6 Å². The van der Waals surface area contributed by atoms with Crippen molar-refractivity contribution in [3.05, 3.63) is 51.7 Å². The highest BCUT2D eigenvalue weighted by Gasteiger charge is 2.17. The van der Waals surface area contributed by atoms with Crippen LogP contribution in [0.25, 0.3) is 0 Å². The SMILES string of the molecule is COc1csc(C(Br)c2cc(F)ccc2F)c1. The van der Waals surface area contributed by atoms with Crippen LogP contribution < -0.4 is 4.74 Å². The molecule has 0 aliphatic carbocycles. The monoisotopic (exact) mass is 318 g/mol. The molecule has 2 aromatic rings. The second-order valence-corrected chi connectivity index (χ2v) is 5.28. The van der Waals surface area contributed by atoms with E-state index in [1.54, 1.807) is 13.2 Å². The van der Waals surface area contributed by atoms with Crippen LogP contribution in [-0.4, -0.2) is 7.11 Å². The van der Waals surface area contributed by atoms with Crippen molar-refractivity contribution in [1.82, 2.24) is 0 Å². The number of ether oxygens (including phenoxy) is 1. The smallest absolute Gasteiger partial charge is 0.129 e. The predicted octanol–water partition coefficient (Wildman–Crippen LogP) is 4.52. The molecule has 1 unspecified atom stereocenters. The van der Waals surface area contributed by atoms with E-state index < -0.39 is 11.6 Å². The number of alkyl halides is 1. The number of hydrogen-bond acceptors (Lipinski definition) is 2. The van der Waals surface area contributed by atoms with Crippen molar-refractivity contribution in [3.63, 3.8) is 0 Å². The van der Waals surface area contributed by atoms with Crippen molar-refractivity contribution < 1.29 is 13.5 Å². The van der Waals surface area contributed by atoms with Gasteiger partial charge in [0.05, 0.1) is 11.9 Å². The molecular formula is C12H9BrF2OS. The highest BCUT2D eigenvalue weighted by molar-refractivity contribution is 9.09. The summed E-state index contributed by atoms with van der Waals surface area (Å²) in [5, 5.41) is 1.82. The van der Waals surface area contributed by atoms with Gasteiger partial charge in [-0.15, -0.1) is 11.3 Å². The molecule has 1 nitrogen and oxygen atoms in total. The normalized spacial score (nSPS) is 12.5. The summed E-state index contributed by atoms with van der Waals surface area (Å²) in [7, 11) is 1.57. The highest BCUT2D eigenvalue weighted by Crippen LogP contribution is 2.38. The minimum Gasteiger partial charge on any atom is -0.496 e. The van der Waals surface area contributed by atoms with Gasteiger partial charge in [0.15, 0.2) is 0 Å². The molecule has 1 atom stereocenters. The van der Waals surface area contributed by atoms with Gasteiger partial charge < -0.3 is 4.74 Å². The molecule has 0 N–H and O–H groups in total. The number of hydrogen-bond donors (Lipinski definition) is 0. The zero-order valence-corrected chi connectivity index (χ0v) is 11.3. The van der Waals surface area contributed by atoms with Crippen LogP contribution in [0, 0.1) is 11.6 Å². The zero-order valence-electron chi connectivity index (χ0n) is 8.91. The molecule has 0 fully saturated rings. The Hall–Kier alpha value is -0.940. The lowest BCUT2D eigenvalue weighted by molar-refractivity contribution is 0.416. The fraction of sp³-hybridized carbons (Fsp3) is 0.167. The molecule has 5 heteroatoms. The van der Waals surface area contributed by atoms with Crippen molar-refractivity contribution in [2.45, 2.75) is 4.83 Å². The van der Waals surface area contributed by atoms with E-state index in [1.165, 1.54) is 17.4 Å². The highest BCUT2D eigenvalue weighted by atomic mass is 79.9. The lowest BCUT2D eigenvalue weighted by Gasteiger charge is -2.09. The van der Waals surface area contributed by atoms with Gasteiger partial charge in [-0.05, 0) is 24.3 Å². The Bertz CT molecular complexity index is 527. The first kappa shape index (κ1) is 12.5. The summed E-state index contributed by atoms with van der Waals surface area (Å²) in [6.45, 7) is 0. The Labute approximate surface area is 110 Å². The second kappa shape index (κ2) is 5.14. The Balaban J connectivity index is 2.35. The first-order chi connectivity index (χ1) is 8.11. The molecule has 2 rings (SSSR count). The Kier molecular flexibility index (Phi) is 3.79. The minimum atomic E-state index is -0.450. The van der Waals surface area contributed by atoms with E-state index in [4.69, 9.17) is 4.74 Å². The molecule has 1 aromatic carbocycles. The standard InChI is InChI=1S/C12H9BrF2OS/c1-16-8-5-11(17-6-8)12(13)9-4-7(14)2-3-10(9)15/h2-6,12H,1H3. The van der Waals surface area contributed by atoms with Crippen LogP contribution in [0.4, 0.5) is 8.78 Å². The fourth-order valence-electron chi connectivity index (χ4n) is 1.44. The molecule has 0 aliphatic rings. The van der Waals surface area contributed by atoms with Crippen LogP contribution in [0.5, 0.6) is 5.75 Å². The Morgan fingerprint density at radius 2 is 2.06 bits per heavy atom. The van der Waals surface area contributed by atoms with Crippen molar-refractivity contribution >= 4 is 27.3 Å². The quantitative estimate of drug-likeness (QED) is 0.756. The molecule has 0 amide bonds. The fourth-order valence-corrected chi connectivity index (χ4v) is 3.09. The Morgan fingerprint density at radius 3 is 2.71 bits per heavy atom. The summed E-state index contributed by atoms with van der Waals surface area (Å²) in [5.74, 6) is -0.165. The topological polar surface area (TPSA) is 9.23 Å². The van der Waals surface area contributed by atoms with Crippen molar-refractivity contribution in [3.8, 4) is 5.75 Å². The predicted molar refractivity (Wildman–Crippen MR) is 68.0 cm³/mol. The van der Waals surface area contributed by atoms with Gasteiger partial charge in [-0.2, -0.15) is 0 Å². The summed E-state index contributed by atoms with van der Waals surface area (Å²) < 4.78 is 31.7. The summed E-state index contributed by atoms with van der Waals surface area (Å²) in [5.41, 5.74) is 0.287. The average Bonchev–Trinajstić information content (AvgIpc) is 2.80. The first-order valence-electron chi connectivity index (χ1n) is 4.83. The van der Waals surface area contributed by atoms with E-state index in [2.05, 4.69) is 15.9 Å². The van der Waals surface area contributed by atoms with Gasteiger partial charge in [0.2, 0.25) is 0 Å². The summed E-state index contributed by atoms with van der Waals surface area (Å²) in [6.07, 6.45) is 0. The first-order valence-corrected chi connectivity index (χ1v) is 6.63. The minimum absolute atomic E-state index is 0.287. The van der Waals surface area contributed by atoms with Crippen molar-refractivity contribution in [2.24, 2.45) is 0 Å². The third kappa shape index (κ3) is 2.66. The summed E-state index contributed by atoms with van der Waals surface area (Å²) >= 11 is 4.80. The summed E-state index contributed by atoms with van der Waals surface area (Å²) in [4.78, 5) is 0.499. The second-order valence-electron chi connectivity index (χ2n) is 3.42. The molecular weight excluding hydrogens is 310 g/mol. The molecule has 0 bridgehead atoms. The van der Waals surface area contributed by atoms with Gasteiger partial charge in [-0.1, -0.05) is 15.9 Å². The number of halogens is 3. The van der Waals surface area contributed by atoms with Gasteiger partial charge >= 0.3 is 0 Å². The zero-order chi connectivity index (χ0) is 12.4. The molecule has 0 aliphatic heterocycles. The van der Waals surface area contributed by atoms with Crippen molar-refractivity contribution in [2.75, 3.05) is 7.11 Å². The van der Waals surface area contributed by atoms with Gasteiger partial charge in [-0.25, -0.2) is 8.78 Å². The van der Waals surface area contributed by atoms with Crippen LogP contribution in [0.1, 0.15) is 15.3 Å². The van der Waals surface area contributed by atoms with E-state index in [1.807, 2.05) is 5.38 Å². The van der Waals surface area contributed by atoms with E-state index in [9.17, 15) is 8.78 Å². The maximum atomic E-state index is 13.6. The number of thiophene rings is 1. The molecule has 90 valence electrons. The molecule has 17 heavy (non-hydrogen) atoms. The largest absolute Gasteiger partial charge is 0.496 e. The lowest BCUT2D eigenvalue weighted by atomic mass is 10.1. The number of rotatable bonds is 3. The van der Waals surface area contributed by atoms with Gasteiger partial charge in [0.1, 0.15) is 17.4 Å². The lowest BCUT2D eigenvalue weighted by Crippen LogP contribution is -1.95. The van der Waals surface area contributed by atoms with Crippen LogP contribution in [0.3, 0.4) is 0 Å². The summed E-state index contributed by atoms with van der Waals surface area (Å²) in [6, 6.07) is 5.23. The molecule has 0 radical (unpaired) electrons. The van der Waals surface area contributed by atoms with E-state index in [0.717, 1.165) is 17.0 Å². The van der Waals surface area contributed by atoms with Crippen molar-refractivity contribution in [1.29, 1.82) is 0 Å².